The maximum Gasteiger partial charge on any atom is 0.255 e. The van der Waals surface area contributed by atoms with Gasteiger partial charge in [-0.15, -0.1) is 10.2 Å². The van der Waals surface area contributed by atoms with Gasteiger partial charge in [-0.3, -0.25) is 14.2 Å². The highest BCUT2D eigenvalue weighted by atomic mass is 32.2. The molecule has 1 aromatic heterocycles. The molecule has 184 valence electrons. The van der Waals surface area contributed by atoms with Crippen molar-refractivity contribution in [3.05, 3.63) is 95.6 Å². The van der Waals surface area contributed by atoms with Crippen molar-refractivity contribution in [2.24, 2.45) is 0 Å². The highest BCUT2D eigenvalue weighted by Crippen LogP contribution is 2.23. The third kappa shape index (κ3) is 6.08. The number of aromatic nitrogens is 3. The van der Waals surface area contributed by atoms with E-state index in [1.165, 1.54) is 31.0 Å². The zero-order valence-electron chi connectivity index (χ0n) is 19.7. The number of anilines is 1. The van der Waals surface area contributed by atoms with E-state index in [1.54, 1.807) is 41.0 Å². The molecule has 0 aliphatic carbocycles. The third-order valence-electron chi connectivity index (χ3n) is 5.18. The standard InChI is InChI=1S/C26H24FN5O3S/c1-17-6-5-7-19(14-17)29-24(33)16-36-26-31-30-23(32(26)20-12-10-18(27)11-13-20)15-28-25(34)21-8-3-4-9-22(21)35-2/h3-14H,15-16H2,1-2H3,(H,28,34)(H,29,33). The molecule has 0 saturated carbocycles. The third-order valence-corrected chi connectivity index (χ3v) is 6.11. The Morgan fingerprint density at radius 3 is 2.56 bits per heavy atom. The SMILES string of the molecule is COc1ccccc1C(=O)NCc1nnc(SCC(=O)Nc2cccc(C)c2)n1-c1ccc(F)cc1. The van der Waals surface area contributed by atoms with Gasteiger partial charge in [0.15, 0.2) is 11.0 Å². The van der Waals surface area contributed by atoms with Crippen LogP contribution in [0.1, 0.15) is 21.7 Å². The number of hydrogen-bond donors (Lipinski definition) is 2. The van der Waals surface area contributed by atoms with E-state index in [1.807, 2.05) is 31.2 Å². The van der Waals surface area contributed by atoms with Crippen LogP contribution in [0.25, 0.3) is 5.69 Å². The predicted octanol–water partition coefficient (Wildman–Crippen LogP) is 4.38. The van der Waals surface area contributed by atoms with Gasteiger partial charge in [0.2, 0.25) is 5.91 Å². The molecule has 1 heterocycles. The quantitative estimate of drug-likeness (QED) is 0.328. The summed E-state index contributed by atoms with van der Waals surface area (Å²) in [6.07, 6.45) is 0. The molecule has 0 fully saturated rings. The minimum absolute atomic E-state index is 0.0529. The van der Waals surface area contributed by atoms with Crippen molar-refractivity contribution in [2.75, 3.05) is 18.2 Å². The van der Waals surface area contributed by atoms with Gasteiger partial charge >= 0.3 is 0 Å². The number of thioether (sulfide) groups is 1. The summed E-state index contributed by atoms with van der Waals surface area (Å²) in [7, 11) is 1.50. The Kier molecular flexibility index (Phi) is 7.96. The first-order valence-corrected chi connectivity index (χ1v) is 12.0. The average Bonchev–Trinajstić information content (AvgIpc) is 3.29. The number of para-hydroxylation sites is 1. The first kappa shape index (κ1) is 24.9. The lowest BCUT2D eigenvalue weighted by Gasteiger charge is -2.12. The van der Waals surface area contributed by atoms with Crippen LogP contribution in [-0.4, -0.2) is 39.4 Å². The number of benzene rings is 3. The van der Waals surface area contributed by atoms with Gasteiger partial charge in [-0.2, -0.15) is 0 Å². The lowest BCUT2D eigenvalue weighted by atomic mass is 10.2. The summed E-state index contributed by atoms with van der Waals surface area (Å²) in [6.45, 7) is 2.00. The second-order valence-electron chi connectivity index (χ2n) is 7.80. The van der Waals surface area contributed by atoms with Crippen LogP contribution in [0.15, 0.2) is 78.0 Å². The monoisotopic (exact) mass is 505 g/mol. The fourth-order valence-electron chi connectivity index (χ4n) is 3.49. The molecule has 0 spiro atoms. The van der Waals surface area contributed by atoms with Gasteiger partial charge in [0.25, 0.3) is 5.91 Å². The number of nitrogens with one attached hydrogen (secondary N) is 2. The Morgan fingerprint density at radius 2 is 1.81 bits per heavy atom. The lowest BCUT2D eigenvalue weighted by molar-refractivity contribution is -0.113. The molecule has 0 unspecified atom stereocenters. The molecule has 10 heteroatoms. The number of halogens is 1. The van der Waals surface area contributed by atoms with Crippen LogP contribution in [-0.2, 0) is 11.3 Å². The molecule has 0 atom stereocenters. The van der Waals surface area contributed by atoms with Crippen molar-refractivity contribution >= 4 is 29.3 Å². The molecule has 0 aliphatic heterocycles. The number of methoxy groups -OCH3 is 1. The van der Waals surface area contributed by atoms with E-state index in [2.05, 4.69) is 20.8 Å². The molecule has 0 aliphatic rings. The van der Waals surface area contributed by atoms with Crippen LogP contribution in [0, 0.1) is 12.7 Å². The Morgan fingerprint density at radius 1 is 1.03 bits per heavy atom. The first-order valence-electron chi connectivity index (χ1n) is 11.1. The van der Waals surface area contributed by atoms with Gasteiger partial charge < -0.3 is 15.4 Å². The van der Waals surface area contributed by atoms with Crippen molar-refractivity contribution in [3.63, 3.8) is 0 Å². The largest absolute Gasteiger partial charge is 0.496 e. The highest BCUT2D eigenvalue weighted by Gasteiger charge is 2.18. The van der Waals surface area contributed by atoms with Gasteiger partial charge in [-0.25, -0.2) is 4.39 Å². The summed E-state index contributed by atoms with van der Waals surface area (Å²) in [6, 6.07) is 20.2. The fourth-order valence-corrected chi connectivity index (χ4v) is 4.27. The Hall–Kier alpha value is -4.18. The fraction of sp³-hybridized carbons (Fsp3) is 0.154. The second-order valence-corrected chi connectivity index (χ2v) is 8.74. The second kappa shape index (κ2) is 11.5. The van der Waals surface area contributed by atoms with Gasteiger partial charge in [0, 0.05) is 11.4 Å². The maximum atomic E-state index is 13.6. The van der Waals surface area contributed by atoms with Gasteiger partial charge in [0.05, 0.1) is 25.0 Å². The summed E-state index contributed by atoms with van der Waals surface area (Å²) >= 11 is 1.19. The number of amides is 2. The minimum atomic E-state index is -0.385. The Balaban J connectivity index is 1.51. The van der Waals surface area contributed by atoms with Crippen molar-refractivity contribution in [2.45, 2.75) is 18.6 Å². The molecule has 36 heavy (non-hydrogen) atoms. The number of aryl methyl sites for hydroxylation is 1. The summed E-state index contributed by atoms with van der Waals surface area (Å²) in [5.41, 5.74) is 2.73. The number of carbonyl (C=O) groups excluding carboxylic acids is 2. The summed E-state index contributed by atoms with van der Waals surface area (Å²) < 4.78 is 20.5. The molecule has 0 saturated heterocycles. The predicted molar refractivity (Wildman–Crippen MR) is 136 cm³/mol. The molecule has 0 bridgehead atoms. The van der Waals surface area contributed by atoms with E-state index in [-0.39, 0.29) is 29.9 Å². The van der Waals surface area contributed by atoms with Crippen LogP contribution in [0.5, 0.6) is 5.75 Å². The lowest BCUT2D eigenvalue weighted by Crippen LogP contribution is -2.25. The Bertz CT molecular complexity index is 1370. The summed E-state index contributed by atoms with van der Waals surface area (Å²) in [4.78, 5) is 25.3. The highest BCUT2D eigenvalue weighted by molar-refractivity contribution is 7.99. The van der Waals surface area contributed by atoms with Crippen molar-refractivity contribution in [1.29, 1.82) is 0 Å². The van der Waals surface area contributed by atoms with E-state index in [0.29, 0.717) is 33.7 Å². The molecule has 4 aromatic rings. The molecular weight excluding hydrogens is 481 g/mol. The molecular formula is C26H24FN5O3S. The van der Waals surface area contributed by atoms with Gasteiger partial charge in [-0.05, 0) is 61.0 Å². The number of ether oxygens (including phenoxy) is 1. The van der Waals surface area contributed by atoms with Crippen molar-refractivity contribution in [1.82, 2.24) is 20.1 Å². The van der Waals surface area contributed by atoms with Crippen LogP contribution in [0.3, 0.4) is 0 Å². The normalized spacial score (nSPS) is 10.6. The van der Waals surface area contributed by atoms with E-state index >= 15 is 0 Å². The van der Waals surface area contributed by atoms with E-state index in [0.717, 1.165) is 5.56 Å². The number of nitrogens with zero attached hydrogens (tertiary/aromatic N) is 3. The molecule has 8 nitrogen and oxygen atoms in total. The number of rotatable bonds is 9. The molecule has 4 rings (SSSR count). The first-order chi connectivity index (χ1) is 17.4. The minimum Gasteiger partial charge on any atom is -0.496 e. The average molecular weight is 506 g/mol. The molecule has 2 amide bonds. The Labute approximate surface area is 211 Å². The zero-order chi connectivity index (χ0) is 25.5. The van der Waals surface area contributed by atoms with E-state index < -0.39 is 0 Å². The van der Waals surface area contributed by atoms with Crippen molar-refractivity contribution in [3.8, 4) is 11.4 Å². The van der Waals surface area contributed by atoms with Crippen LogP contribution < -0.4 is 15.4 Å². The van der Waals surface area contributed by atoms with Crippen LogP contribution in [0.4, 0.5) is 10.1 Å². The molecule has 2 N–H and O–H groups in total. The number of carbonyl (C=O) groups is 2. The zero-order valence-corrected chi connectivity index (χ0v) is 20.5. The van der Waals surface area contributed by atoms with Gasteiger partial charge in [-0.1, -0.05) is 36.0 Å². The van der Waals surface area contributed by atoms with Gasteiger partial charge in [0.1, 0.15) is 11.6 Å². The molecule has 0 radical (unpaired) electrons. The topological polar surface area (TPSA) is 98.1 Å². The maximum absolute atomic E-state index is 13.6. The van der Waals surface area contributed by atoms with Crippen LogP contribution >= 0.6 is 11.8 Å². The van der Waals surface area contributed by atoms with E-state index in [9.17, 15) is 14.0 Å². The summed E-state index contributed by atoms with van der Waals surface area (Å²) in [5.74, 6) is 0.0286. The number of hydrogen-bond acceptors (Lipinski definition) is 6. The summed E-state index contributed by atoms with van der Waals surface area (Å²) in [5, 5.41) is 14.6. The van der Waals surface area contributed by atoms with E-state index in [4.69, 9.17) is 4.74 Å². The smallest absolute Gasteiger partial charge is 0.255 e. The van der Waals surface area contributed by atoms with Crippen molar-refractivity contribution < 1.29 is 18.7 Å². The van der Waals surface area contributed by atoms with Crippen LogP contribution in [0.2, 0.25) is 0 Å². The molecule has 3 aromatic carbocycles.